The highest BCUT2D eigenvalue weighted by Crippen LogP contribution is 2.11. The van der Waals surface area contributed by atoms with Crippen LogP contribution in [0, 0.1) is 6.92 Å². The molecule has 0 fully saturated rings. The average Bonchev–Trinajstić information content (AvgIpc) is 2.73. The van der Waals surface area contributed by atoms with E-state index in [0.717, 1.165) is 16.7 Å². The van der Waals surface area contributed by atoms with Crippen LogP contribution in [0.25, 0.3) is 0 Å². The fraction of sp³-hybridized carbons (Fsp3) is 0.348. The summed E-state index contributed by atoms with van der Waals surface area (Å²) < 4.78 is 4.80. The predicted octanol–water partition coefficient (Wildman–Crippen LogP) is 2.85. The van der Waals surface area contributed by atoms with Gasteiger partial charge in [-0.15, -0.1) is 0 Å². The van der Waals surface area contributed by atoms with Gasteiger partial charge >= 0.3 is 5.97 Å². The highest BCUT2D eigenvalue weighted by molar-refractivity contribution is 5.87. The molecule has 0 saturated carbocycles. The summed E-state index contributed by atoms with van der Waals surface area (Å²) in [5.74, 6) is -1.10. The highest BCUT2D eigenvalue weighted by atomic mass is 16.5. The normalized spacial score (nSPS) is 12.5. The van der Waals surface area contributed by atoms with Crippen LogP contribution in [0.5, 0.6) is 0 Å². The van der Waals surface area contributed by atoms with Gasteiger partial charge in [-0.25, -0.2) is 4.79 Å². The first-order valence-corrected chi connectivity index (χ1v) is 9.66. The van der Waals surface area contributed by atoms with Crippen LogP contribution in [0.15, 0.2) is 54.6 Å². The van der Waals surface area contributed by atoms with Crippen molar-refractivity contribution in [2.45, 2.75) is 45.2 Å². The lowest BCUT2D eigenvalue weighted by Crippen LogP contribution is -2.43. The van der Waals surface area contributed by atoms with Gasteiger partial charge in [-0.2, -0.15) is 0 Å². The summed E-state index contributed by atoms with van der Waals surface area (Å²) in [6.45, 7) is 3.87. The number of nitrogens with one attached hydrogen (secondary N) is 2. The van der Waals surface area contributed by atoms with E-state index in [9.17, 15) is 14.4 Å². The molecule has 2 aromatic carbocycles. The molecule has 154 valence electrons. The monoisotopic (exact) mass is 396 g/mol. The molecular weight excluding hydrogens is 368 g/mol. The van der Waals surface area contributed by atoms with E-state index in [1.54, 1.807) is 0 Å². The Morgan fingerprint density at radius 3 is 2.07 bits per heavy atom. The number of hydrogen-bond donors (Lipinski definition) is 2. The van der Waals surface area contributed by atoms with E-state index in [2.05, 4.69) is 10.6 Å². The van der Waals surface area contributed by atoms with E-state index in [1.165, 1.54) is 7.11 Å². The fourth-order valence-corrected chi connectivity index (χ4v) is 2.93. The number of rotatable bonds is 9. The molecule has 2 atom stereocenters. The number of methoxy groups -OCH3 is 1. The Morgan fingerprint density at radius 1 is 0.897 bits per heavy atom. The number of hydrogen-bond acceptors (Lipinski definition) is 4. The second kappa shape index (κ2) is 11.0. The zero-order valence-corrected chi connectivity index (χ0v) is 17.1. The molecule has 0 bridgehead atoms. The third-order valence-corrected chi connectivity index (χ3v) is 4.64. The van der Waals surface area contributed by atoms with Crippen LogP contribution in [-0.2, 0) is 25.5 Å². The summed E-state index contributed by atoms with van der Waals surface area (Å²) in [5, 5.41) is 5.55. The molecule has 0 aliphatic heterocycles. The molecule has 6 heteroatoms. The maximum absolute atomic E-state index is 12.3. The van der Waals surface area contributed by atoms with Crippen molar-refractivity contribution >= 4 is 17.8 Å². The molecule has 2 N–H and O–H groups in total. The first kappa shape index (κ1) is 22.1. The molecule has 0 aliphatic rings. The van der Waals surface area contributed by atoms with Crippen molar-refractivity contribution in [2.24, 2.45) is 0 Å². The number of esters is 1. The molecule has 2 amide bonds. The number of carbonyl (C=O) groups is 3. The van der Waals surface area contributed by atoms with Crippen LogP contribution in [0.2, 0.25) is 0 Å². The lowest BCUT2D eigenvalue weighted by Gasteiger charge is -2.17. The molecule has 2 rings (SSSR count). The van der Waals surface area contributed by atoms with Crippen molar-refractivity contribution in [3.8, 4) is 0 Å². The molecule has 0 heterocycles. The zero-order chi connectivity index (χ0) is 21.2. The summed E-state index contributed by atoms with van der Waals surface area (Å²) in [7, 11) is 1.29. The van der Waals surface area contributed by atoms with Gasteiger partial charge in [-0.3, -0.25) is 9.59 Å². The topological polar surface area (TPSA) is 84.5 Å². The number of ether oxygens (including phenoxy) is 1. The van der Waals surface area contributed by atoms with Crippen molar-refractivity contribution in [3.05, 3.63) is 71.3 Å². The Balaban J connectivity index is 1.85. The SMILES string of the molecule is COC(=O)[C@@H](Cc1ccc(C)cc1)NC(=O)CCC(=O)N[C@H](C)c1ccccc1. The van der Waals surface area contributed by atoms with Crippen molar-refractivity contribution in [1.82, 2.24) is 10.6 Å². The van der Waals surface area contributed by atoms with Crippen LogP contribution in [0.3, 0.4) is 0 Å². The fourth-order valence-electron chi connectivity index (χ4n) is 2.93. The van der Waals surface area contributed by atoms with Gasteiger partial charge in [-0.1, -0.05) is 60.2 Å². The minimum atomic E-state index is -0.790. The van der Waals surface area contributed by atoms with Crippen LogP contribution < -0.4 is 10.6 Å². The van der Waals surface area contributed by atoms with Gasteiger partial charge in [0, 0.05) is 19.3 Å². The highest BCUT2D eigenvalue weighted by Gasteiger charge is 2.22. The minimum Gasteiger partial charge on any atom is -0.467 e. The van der Waals surface area contributed by atoms with Crippen LogP contribution in [-0.4, -0.2) is 30.9 Å². The quantitative estimate of drug-likeness (QED) is 0.639. The number of amides is 2. The largest absolute Gasteiger partial charge is 0.467 e. The number of carbonyl (C=O) groups excluding carboxylic acids is 3. The second-order valence-electron chi connectivity index (χ2n) is 7.03. The average molecular weight is 396 g/mol. The van der Waals surface area contributed by atoms with Gasteiger partial charge < -0.3 is 15.4 Å². The van der Waals surface area contributed by atoms with E-state index in [4.69, 9.17) is 4.74 Å². The molecular formula is C23H28N2O4. The van der Waals surface area contributed by atoms with Gasteiger partial charge in [0.2, 0.25) is 11.8 Å². The van der Waals surface area contributed by atoms with Gasteiger partial charge in [0.15, 0.2) is 0 Å². The summed E-state index contributed by atoms with van der Waals surface area (Å²) in [6.07, 6.45) is 0.367. The first-order valence-electron chi connectivity index (χ1n) is 9.66. The molecule has 6 nitrogen and oxygen atoms in total. The van der Waals surface area contributed by atoms with Crippen LogP contribution in [0.1, 0.15) is 42.5 Å². The van der Waals surface area contributed by atoms with Crippen LogP contribution in [0.4, 0.5) is 0 Å². The van der Waals surface area contributed by atoms with Crippen molar-refractivity contribution in [3.63, 3.8) is 0 Å². The lowest BCUT2D eigenvalue weighted by atomic mass is 10.0. The maximum Gasteiger partial charge on any atom is 0.328 e. The molecule has 0 saturated heterocycles. The molecule has 0 aliphatic carbocycles. The molecule has 0 aromatic heterocycles. The number of benzene rings is 2. The first-order chi connectivity index (χ1) is 13.9. The Bertz CT molecular complexity index is 819. The van der Waals surface area contributed by atoms with Crippen molar-refractivity contribution in [2.75, 3.05) is 7.11 Å². The minimum absolute atomic E-state index is 0.00522. The van der Waals surface area contributed by atoms with E-state index in [-0.39, 0.29) is 30.7 Å². The number of aryl methyl sites for hydroxylation is 1. The van der Waals surface area contributed by atoms with E-state index in [0.29, 0.717) is 6.42 Å². The van der Waals surface area contributed by atoms with Gasteiger partial charge in [0.25, 0.3) is 0 Å². The summed E-state index contributed by atoms with van der Waals surface area (Å²) in [4.78, 5) is 36.5. The van der Waals surface area contributed by atoms with E-state index >= 15 is 0 Å². The second-order valence-corrected chi connectivity index (χ2v) is 7.03. The Kier molecular flexibility index (Phi) is 8.40. The van der Waals surface area contributed by atoms with Crippen molar-refractivity contribution in [1.29, 1.82) is 0 Å². The molecule has 0 unspecified atom stereocenters. The third kappa shape index (κ3) is 7.41. The van der Waals surface area contributed by atoms with E-state index in [1.807, 2.05) is 68.4 Å². The summed E-state index contributed by atoms with van der Waals surface area (Å²) in [5.41, 5.74) is 3.03. The molecule has 2 aromatic rings. The maximum atomic E-state index is 12.3. The smallest absolute Gasteiger partial charge is 0.328 e. The summed E-state index contributed by atoms with van der Waals surface area (Å²) >= 11 is 0. The van der Waals surface area contributed by atoms with Gasteiger partial charge in [-0.05, 0) is 25.0 Å². The standard InChI is InChI=1S/C23H28N2O4/c1-16-9-11-18(12-10-16)15-20(23(28)29-3)25-22(27)14-13-21(26)24-17(2)19-7-5-4-6-8-19/h4-12,17,20H,13-15H2,1-3H3,(H,24,26)(H,25,27)/t17-,20-/m1/s1. The van der Waals surface area contributed by atoms with Gasteiger partial charge in [0.1, 0.15) is 6.04 Å². The Morgan fingerprint density at radius 2 is 1.48 bits per heavy atom. The van der Waals surface area contributed by atoms with Crippen molar-refractivity contribution < 1.29 is 19.1 Å². The third-order valence-electron chi connectivity index (χ3n) is 4.64. The Hall–Kier alpha value is -3.15. The van der Waals surface area contributed by atoms with Crippen LogP contribution >= 0.6 is 0 Å². The van der Waals surface area contributed by atoms with Gasteiger partial charge in [0.05, 0.1) is 13.2 Å². The molecule has 0 radical (unpaired) electrons. The Labute approximate surface area is 171 Å². The van der Waals surface area contributed by atoms with E-state index < -0.39 is 12.0 Å². The molecule has 0 spiro atoms. The summed E-state index contributed by atoms with van der Waals surface area (Å²) in [6, 6.07) is 16.4. The zero-order valence-electron chi connectivity index (χ0n) is 17.1. The molecule has 29 heavy (non-hydrogen) atoms. The lowest BCUT2D eigenvalue weighted by molar-refractivity contribution is -0.145. The predicted molar refractivity (Wildman–Crippen MR) is 111 cm³/mol.